The van der Waals surface area contributed by atoms with Crippen LogP contribution in [0.3, 0.4) is 0 Å². The third-order valence-electron chi connectivity index (χ3n) is 7.35. The molecule has 2 aromatic carbocycles. The highest BCUT2D eigenvalue weighted by atomic mass is 32.2. The van der Waals surface area contributed by atoms with Gasteiger partial charge in [-0.2, -0.15) is 0 Å². The molecule has 10 heteroatoms. The fourth-order valence-corrected chi connectivity index (χ4v) is 6.45. The second-order valence-corrected chi connectivity index (χ2v) is 12.5. The lowest BCUT2D eigenvalue weighted by Gasteiger charge is -2.41. The molecule has 0 unspecified atom stereocenters. The van der Waals surface area contributed by atoms with E-state index < -0.39 is 9.84 Å². The molecule has 2 fully saturated rings. The highest BCUT2D eigenvalue weighted by molar-refractivity contribution is 7.91. The summed E-state index contributed by atoms with van der Waals surface area (Å²) in [5.41, 5.74) is 0. The van der Waals surface area contributed by atoms with Crippen LogP contribution in [0.1, 0.15) is 39.5 Å². The van der Waals surface area contributed by atoms with Crippen LogP contribution in [0.15, 0.2) is 52.3 Å². The number of hydrogen-bond acceptors (Lipinski definition) is 8. The first kappa shape index (κ1) is 26.6. The van der Waals surface area contributed by atoms with Gasteiger partial charge in [0.1, 0.15) is 11.9 Å². The van der Waals surface area contributed by atoms with Crippen LogP contribution in [-0.2, 0) is 14.6 Å². The van der Waals surface area contributed by atoms with Crippen LogP contribution >= 0.6 is 0 Å². The highest BCUT2D eigenvalue weighted by Gasteiger charge is 2.31. The van der Waals surface area contributed by atoms with Crippen molar-refractivity contribution < 1.29 is 32.2 Å². The maximum Gasteiger partial charge on any atom is 0.409 e. The van der Waals surface area contributed by atoms with Gasteiger partial charge in [-0.1, -0.05) is 13.8 Å². The summed E-state index contributed by atoms with van der Waals surface area (Å²) in [4.78, 5) is 16.9. The molecular weight excluding hydrogens is 508 g/mol. The second kappa shape index (κ2) is 11.4. The minimum absolute atomic E-state index is 0.0914. The smallest absolute Gasteiger partial charge is 0.409 e. The Morgan fingerprint density at radius 2 is 1.58 bits per heavy atom. The van der Waals surface area contributed by atoms with E-state index in [0.29, 0.717) is 35.8 Å². The van der Waals surface area contributed by atoms with Crippen LogP contribution in [0.4, 0.5) is 4.79 Å². The van der Waals surface area contributed by atoms with Crippen LogP contribution in [0, 0.1) is 5.92 Å². The van der Waals surface area contributed by atoms with E-state index in [4.69, 9.17) is 18.9 Å². The summed E-state index contributed by atoms with van der Waals surface area (Å²) in [6.07, 6.45) is 3.64. The van der Waals surface area contributed by atoms with E-state index in [0.717, 1.165) is 51.9 Å². The summed E-state index contributed by atoms with van der Waals surface area (Å²) in [7, 11) is -3.68. The Labute approximate surface area is 224 Å². The van der Waals surface area contributed by atoms with Crippen molar-refractivity contribution in [3.05, 3.63) is 42.5 Å². The van der Waals surface area contributed by atoms with Gasteiger partial charge in [-0.3, -0.25) is 4.90 Å². The number of nitrogens with zero attached hydrogens (tertiary/aromatic N) is 2. The Balaban J connectivity index is 1.09. The molecule has 0 saturated carbocycles. The first-order chi connectivity index (χ1) is 18.3. The topological polar surface area (TPSA) is 94.6 Å². The quantitative estimate of drug-likeness (QED) is 0.508. The molecule has 0 aromatic heterocycles. The monoisotopic (exact) mass is 544 g/mol. The molecular formula is C28H36N2O7S. The zero-order valence-electron chi connectivity index (χ0n) is 22.0. The summed E-state index contributed by atoms with van der Waals surface area (Å²) >= 11 is 0. The van der Waals surface area contributed by atoms with Gasteiger partial charge < -0.3 is 23.8 Å². The fraction of sp³-hybridized carbons (Fsp3) is 0.536. The number of ether oxygens (including phenoxy) is 4. The summed E-state index contributed by atoms with van der Waals surface area (Å²) in [5.74, 6) is 1.99. The normalized spacial score (nSPS) is 19.1. The number of likely N-dealkylation sites (tertiary alicyclic amines) is 2. The molecule has 2 saturated heterocycles. The van der Waals surface area contributed by atoms with Crippen molar-refractivity contribution >= 4 is 15.9 Å². The zero-order chi connectivity index (χ0) is 26.7. The van der Waals surface area contributed by atoms with Crippen molar-refractivity contribution in [1.29, 1.82) is 0 Å². The SMILES string of the molecule is CC(C)COC(=O)N1CCC(N2CCC(Oc3ccc(S(=O)(=O)c4ccc5c(c4)OCO5)cc3)CC2)CC1. The molecule has 0 radical (unpaired) electrons. The van der Waals surface area contributed by atoms with Gasteiger partial charge in [0.2, 0.25) is 16.6 Å². The Bertz CT molecular complexity index is 1220. The molecule has 3 aliphatic rings. The van der Waals surface area contributed by atoms with Gasteiger partial charge in [0.15, 0.2) is 11.5 Å². The third kappa shape index (κ3) is 6.02. The molecule has 0 spiro atoms. The summed E-state index contributed by atoms with van der Waals surface area (Å²) in [5, 5.41) is 0. The molecule has 38 heavy (non-hydrogen) atoms. The number of carbonyl (C=O) groups excluding carboxylic acids is 1. The second-order valence-electron chi connectivity index (χ2n) is 10.5. The average molecular weight is 545 g/mol. The predicted molar refractivity (Wildman–Crippen MR) is 140 cm³/mol. The predicted octanol–water partition coefficient (Wildman–Crippen LogP) is 4.35. The van der Waals surface area contributed by atoms with Crippen LogP contribution in [0.2, 0.25) is 0 Å². The molecule has 1 amide bonds. The molecule has 206 valence electrons. The molecule has 3 heterocycles. The van der Waals surface area contributed by atoms with Crippen molar-refractivity contribution in [2.24, 2.45) is 5.92 Å². The van der Waals surface area contributed by atoms with Gasteiger partial charge in [0.05, 0.1) is 16.4 Å². The van der Waals surface area contributed by atoms with Crippen LogP contribution in [0.5, 0.6) is 17.2 Å². The number of amides is 1. The van der Waals surface area contributed by atoms with Crippen molar-refractivity contribution in [2.75, 3.05) is 39.6 Å². The van der Waals surface area contributed by atoms with Gasteiger partial charge in [0.25, 0.3) is 0 Å². The van der Waals surface area contributed by atoms with Crippen LogP contribution in [0.25, 0.3) is 0 Å². The molecule has 2 aromatic rings. The van der Waals surface area contributed by atoms with E-state index in [-0.39, 0.29) is 28.8 Å². The van der Waals surface area contributed by atoms with E-state index in [1.165, 1.54) is 12.1 Å². The molecule has 0 atom stereocenters. The first-order valence-corrected chi connectivity index (χ1v) is 14.8. The Morgan fingerprint density at radius 1 is 0.921 bits per heavy atom. The average Bonchev–Trinajstić information content (AvgIpc) is 3.41. The van der Waals surface area contributed by atoms with Gasteiger partial charge in [0, 0.05) is 38.3 Å². The van der Waals surface area contributed by atoms with Crippen LogP contribution < -0.4 is 14.2 Å². The number of benzene rings is 2. The van der Waals surface area contributed by atoms with Gasteiger partial charge >= 0.3 is 6.09 Å². The van der Waals surface area contributed by atoms with Crippen LogP contribution in [-0.4, -0.2) is 76.0 Å². The summed E-state index contributed by atoms with van der Waals surface area (Å²) in [6, 6.07) is 11.7. The molecule has 0 N–H and O–H groups in total. The van der Waals surface area contributed by atoms with E-state index >= 15 is 0 Å². The zero-order valence-corrected chi connectivity index (χ0v) is 22.8. The largest absolute Gasteiger partial charge is 0.490 e. The standard InChI is InChI=1S/C28H36N2O7S/c1-20(2)18-34-28(31)30-13-9-21(10-14-30)29-15-11-23(12-16-29)37-22-3-5-24(6-4-22)38(32,33)25-7-8-26-27(17-25)36-19-35-26/h3-8,17,20-21,23H,9-16,18-19H2,1-2H3. The number of carbonyl (C=O) groups is 1. The van der Waals surface area contributed by atoms with E-state index in [2.05, 4.69) is 4.90 Å². The molecule has 0 aliphatic carbocycles. The van der Waals surface area contributed by atoms with E-state index in [9.17, 15) is 13.2 Å². The summed E-state index contributed by atoms with van der Waals surface area (Å²) < 4.78 is 48.3. The Hall–Kier alpha value is -2.98. The van der Waals surface area contributed by atoms with Crippen molar-refractivity contribution in [3.63, 3.8) is 0 Å². The lowest BCUT2D eigenvalue weighted by atomic mass is 9.99. The minimum atomic E-state index is -3.68. The molecule has 9 nitrogen and oxygen atoms in total. The minimum Gasteiger partial charge on any atom is -0.490 e. The van der Waals surface area contributed by atoms with E-state index in [1.54, 1.807) is 30.3 Å². The maximum atomic E-state index is 13.1. The lowest BCUT2D eigenvalue weighted by Crippen LogP contribution is -2.50. The van der Waals surface area contributed by atoms with Crippen molar-refractivity contribution in [3.8, 4) is 17.2 Å². The molecule has 5 rings (SSSR count). The maximum absolute atomic E-state index is 13.1. The number of rotatable bonds is 7. The Morgan fingerprint density at radius 3 is 2.26 bits per heavy atom. The number of piperidine rings is 2. The Kier molecular flexibility index (Phi) is 7.99. The number of hydrogen-bond donors (Lipinski definition) is 0. The van der Waals surface area contributed by atoms with Gasteiger partial charge in [-0.25, -0.2) is 13.2 Å². The lowest BCUT2D eigenvalue weighted by molar-refractivity contribution is 0.0403. The van der Waals surface area contributed by atoms with Gasteiger partial charge in [-0.15, -0.1) is 0 Å². The number of fused-ring (bicyclic) bond motifs is 1. The number of sulfone groups is 1. The van der Waals surface area contributed by atoms with Crippen molar-refractivity contribution in [1.82, 2.24) is 9.80 Å². The first-order valence-electron chi connectivity index (χ1n) is 13.4. The molecule has 3 aliphatic heterocycles. The molecule has 0 bridgehead atoms. The van der Waals surface area contributed by atoms with Crippen molar-refractivity contribution in [2.45, 2.75) is 61.5 Å². The fourth-order valence-electron chi connectivity index (χ4n) is 5.17. The van der Waals surface area contributed by atoms with Gasteiger partial charge in [-0.05, 0) is 68.0 Å². The third-order valence-corrected chi connectivity index (χ3v) is 9.11. The summed E-state index contributed by atoms with van der Waals surface area (Å²) in [6.45, 7) is 8.00. The highest BCUT2D eigenvalue weighted by Crippen LogP contribution is 2.35. The van der Waals surface area contributed by atoms with E-state index in [1.807, 2.05) is 18.7 Å².